The van der Waals surface area contributed by atoms with E-state index in [1.54, 1.807) is 18.2 Å². The monoisotopic (exact) mass is 829 g/mol. The Balaban J connectivity index is 1.19. The Labute approximate surface area is 339 Å². The second kappa shape index (κ2) is 16.4. The molecule has 4 aromatic rings. The Kier molecular flexibility index (Phi) is 12.0. The van der Waals surface area contributed by atoms with Crippen molar-refractivity contribution in [2.75, 3.05) is 23.7 Å². The van der Waals surface area contributed by atoms with Gasteiger partial charge in [0, 0.05) is 60.2 Å². The molecule has 1 unspecified atom stereocenters. The number of amides is 1. The van der Waals surface area contributed by atoms with Crippen LogP contribution in [0, 0.1) is 0 Å². The quantitative estimate of drug-likeness (QED) is 0.0775. The van der Waals surface area contributed by atoms with Gasteiger partial charge in [0.15, 0.2) is 5.71 Å². The fraction of sp³-hybridized carbons (Fsp3) is 0.333. The highest BCUT2D eigenvalue weighted by molar-refractivity contribution is 7.86. The van der Waals surface area contributed by atoms with Crippen LogP contribution in [0.1, 0.15) is 76.1 Å². The summed E-state index contributed by atoms with van der Waals surface area (Å²) in [5, 5.41) is 2.99. The van der Waals surface area contributed by atoms with Gasteiger partial charge in [0.05, 0.1) is 15.2 Å². The maximum absolute atomic E-state index is 13.1. The Hall–Kier alpha value is -5.42. The summed E-state index contributed by atoms with van der Waals surface area (Å²) in [5.74, 6) is 0.188. The van der Waals surface area contributed by atoms with E-state index in [2.05, 4.69) is 24.8 Å². The van der Waals surface area contributed by atoms with E-state index < -0.39 is 31.1 Å². The molecular weight excluding hydrogens is 781 g/mol. The van der Waals surface area contributed by atoms with Crippen LogP contribution in [0.5, 0.6) is 6.01 Å². The summed E-state index contributed by atoms with van der Waals surface area (Å²) in [6.07, 6.45) is 8.66. The number of rotatable bonds is 15. The van der Waals surface area contributed by atoms with Crippen LogP contribution in [0.4, 0.5) is 17.2 Å². The minimum absolute atomic E-state index is 0.131. The molecule has 2 aliphatic rings. The van der Waals surface area contributed by atoms with E-state index in [1.165, 1.54) is 30.5 Å². The average molecular weight is 830 g/mol. The number of anilines is 2. The predicted octanol–water partition coefficient (Wildman–Crippen LogP) is 6.25. The highest BCUT2D eigenvalue weighted by atomic mass is 32.2. The summed E-state index contributed by atoms with van der Waals surface area (Å²) in [5.41, 5.74) is 11.1. The third-order valence-corrected chi connectivity index (χ3v) is 12.6. The van der Waals surface area contributed by atoms with Crippen LogP contribution in [-0.4, -0.2) is 65.2 Å². The van der Waals surface area contributed by atoms with Gasteiger partial charge in [0.2, 0.25) is 11.6 Å². The van der Waals surface area contributed by atoms with Crippen molar-refractivity contribution in [3.05, 3.63) is 119 Å². The Bertz CT molecular complexity index is 2550. The molecule has 5 N–H and O–H groups in total. The molecule has 14 nitrogen and oxygen atoms in total. The molecule has 3 aromatic carbocycles. The molecule has 0 spiro atoms. The van der Waals surface area contributed by atoms with E-state index in [-0.39, 0.29) is 34.7 Å². The zero-order valence-electron chi connectivity index (χ0n) is 33.1. The molecule has 1 atom stereocenters. The number of allylic oxidation sites excluding steroid dienone is 4. The van der Waals surface area contributed by atoms with Gasteiger partial charge in [-0.05, 0) is 107 Å². The number of benzene rings is 3. The summed E-state index contributed by atoms with van der Waals surface area (Å²) in [7, 11) is -8.88. The topological polar surface area (TPSA) is 205 Å². The van der Waals surface area contributed by atoms with Crippen LogP contribution in [0.2, 0.25) is 0 Å². The van der Waals surface area contributed by atoms with Crippen LogP contribution < -0.4 is 20.7 Å². The molecular formula is C42H49N6O8S2+. The lowest BCUT2D eigenvalue weighted by Gasteiger charge is -2.30. The third-order valence-electron chi connectivity index (χ3n) is 10.9. The summed E-state index contributed by atoms with van der Waals surface area (Å²) in [6.45, 7) is 11.8. The van der Waals surface area contributed by atoms with E-state index in [0.29, 0.717) is 38.3 Å². The first-order chi connectivity index (χ1) is 27.4. The van der Waals surface area contributed by atoms with Gasteiger partial charge in [-0.3, -0.25) is 13.9 Å². The van der Waals surface area contributed by atoms with Crippen LogP contribution in [-0.2, 0) is 49.0 Å². The molecule has 6 rings (SSSR count). The Morgan fingerprint density at radius 3 is 2.22 bits per heavy atom. The largest absolute Gasteiger partial charge is 0.459 e. The number of likely N-dealkylation sites (N-methyl/N-ethyl adjacent to an activating group) is 1. The number of nitrogens with one attached hydrogen (secondary N) is 1. The molecule has 16 heteroatoms. The number of fused-ring (bicyclic) bond motifs is 2. The highest BCUT2D eigenvalue weighted by Crippen LogP contribution is 2.51. The number of hydrogen-bond donors (Lipinski definition) is 4. The zero-order chi connectivity index (χ0) is 42.0. The molecule has 0 saturated heterocycles. The van der Waals surface area contributed by atoms with Gasteiger partial charge in [0.1, 0.15) is 19.0 Å². The molecule has 0 fully saturated rings. The fourth-order valence-corrected chi connectivity index (χ4v) is 8.91. The van der Waals surface area contributed by atoms with Crippen LogP contribution in [0.15, 0.2) is 107 Å². The van der Waals surface area contributed by atoms with Crippen molar-refractivity contribution in [3.8, 4) is 6.01 Å². The Morgan fingerprint density at radius 2 is 1.59 bits per heavy atom. The standard InChI is InChI=1S/C42H48N6O8S2/c1-6-47-34-19-17-30(57(50,51)52)24-32(34)41(3,4)36(47)10-8-11-37-42(5,33-25-31(58(53,54)55)18-20-35(33)48(37)7-2)22-9-12-39(49)45-26-28-13-15-29(16-14-28)27-56-40-44-23-21-38(43)46-40/h8,10-11,13-21,23-25H,6-7,9,12,22,26-27H2,1-5H3,(H4-,43,44,45,46,49,50,51,52,53,54,55)/p+1. The lowest BCUT2D eigenvalue weighted by atomic mass is 9.77. The maximum atomic E-state index is 13.1. The third kappa shape index (κ3) is 8.70. The second-order valence-corrected chi connectivity index (χ2v) is 17.9. The number of carbonyl (C=O) groups is 1. The van der Waals surface area contributed by atoms with Gasteiger partial charge in [0.25, 0.3) is 20.2 Å². The molecule has 0 aliphatic carbocycles. The van der Waals surface area contributed by atoms with Crippen molar-refractivity contribution in [2.24, 2.45) is 0 Å². The van der Waals surface area contributed by atoms with E-state index in [0.717, 1.165) is 45.0 Å². The summed E-state index contributed by atoms with van der Waals surface area (Å²) >= 11 is 0. The first kappa shape index (κ1) is 42.2. The lowest BCUT2D eigenvalue weighted by molar-refractivity contribution is -0.433. The smallest absolute Gasteiger partial charge is 0.318 e. The average Bonchev–Trinajstić information content (AvgIpc) is 3.54. The Morgan fingerprint density at radius 1 is 0.931 bits per heavy atom. The fourth-order valence-electron chi connectivity index (χ4n) is 7.90. The van der Waals surface area contributed by atoms with Crippen molar-refractivity contribution < 1.29 is 40.0 Å². The number of carbonyl (C=O) groups excluding carboxylic acids is 1. The molecule has 0 bridgehead atoms. The molecule has 1 amide bonds. The number of aromatic nitrogens is 2. The van der Waals surface area contributed by atoms with Crippen LogP contribution in [0.3, 0.4) is 0 Å². The number of nitrogens with zero attached hydrogens (tertiary/aromatic N) is 4. The van der Waals surface area contributed by atoms with Gasteiger partial charge in [-0.2, -0.15) is 26.4 Å². The SMILES string of the molecule is CCN1/C(=C\C=C\C2=[N+](CC)c3ccc(S(=O)(=O)O)cc3C2(C)C)C(C)(CCCC(=O)NCc2ccc(COc3nccc(N)n3)cc2)c2cc(S(=O)(=O)O)ccc21. The lowest BCUT2D eigenvalue weighted by Crippen LogP contribution is -2.30. The molecule has 306 valence electrons. The van der Waals surface area contributed by atoms with E-state index >= 15 is 0 Å². The number of nitrogen functional groups attached to an aromatic ring is 1. The van der Waals surface area contributed by atoms with Gasteiger partial charge >= 0.3 is 6.01 Å². The molecule has 0 radical (unpaired) electrons. The normalized spacial score (nSPS) is 18.2. The minimum Gasteiger partial charge on any atom is -0.459 e. The molecule has 2 aliphatic heterocycles. The van der Waals surface area contributed by atoms with Gasteiger partial charge in [-0.1, -0.05) is 30.3 Å². The summed E-state index contributed by atoms with van der Waals surface area (Å²) in [6, 6.07) is 18.6. The zero-order valence-corrected chi connectivity index (χ0v) is 34.8. The highest BCUT2D eigenvalue weighted by Gasteiger charge is 2.45. The van der Waals surface area contributed by atoms with Crippen molar-refractivity contribution >= 4 is 49.0 Å². The van der Waals surface area contributed by atoms with Crippen molar-refractivity contribution in [1.29, 1.82) is 0 Å². The van der Waals surface area contributed by atoms with E-state index in [1.807, 2.05) is 77.1 Å². The van der Waals surface area contributed by atoms with E-state index in [4.69, 9.17) is 10.5 Å². The second-order valence-electron chi connectivity index (χ2n) is 15.0. The van der Waals surface area contributed by atoms with Crippen molar-refractivity contribution in [2.45, 2.75) is 87.7 Å². The van der Waals surface area contributed by atoms with Gasteiger partial charge < -0.3 is 20.7 Å². The first-order valence-electron chi connectivity index (χ1n) is 19.0. The van der Waals surface area contributed by atoms with Gasteiger partial charge in [-0.15, -0.1) is 0 Å². The van der Waals surface area contributed by atoms with Crippen molar-refractivity contribution in [3.63, 3.8) is 0 Å². The van der Waals surface area contributed by atoms with E-state index in [9.17, 15) is 30.7 Å². The number of ether oxygens (including phenoxy) is 1. The minimum atomic E-state index is -4.49. The first-order valence-corrected chi connectivity index (χ1v) is 21.9. The summed E-state index contributed by atoms with van der Waals surface area (Å²) < 4.78 is 76.0. The van der Waals surface area contributed by atoms with Crippen LogP contribution >= 0.6 is 0 Å². The molecule has 3 heterocycles. The molecule has 1 aromatic heterocycles. The predicted molar refractivity (Wildman–Crippen MR) is 222 cm³/mol. The number of hydrogen-bond acceptors (Lipinski definition) is 10. The molecule has 58 heavy (non-hydrogen) atoms. The van der Waals surface area contributed by atoms with Gasteiger partial charge in [-0.25, -0.2) is 4.98 Å². The summed E-state index contributed by atoms with van der Waals surface area (Å²) in [4.78, 5) is 22.9. The number of nitrogens with two attached hydrogens (primary N) is 1. The van der Waals surface area contributed by atoms with Crippen LogP contribution in [0.25, 0.3) is 0 Å². The van der Waals surface area contributed by atoms with Crippen molar-refractivity contribution in [1.82, 2.24) is 15.3 Å². The maximum Gasteiger partial charge on any atom is 0.318 e. The molecule has 0 saturated carbocycles.